The number of aromatic nitrogens is 2. The van der Waals surface area contributed by atoms with Crippen LogP contribution in [0.2, 0.25) is 0 Å². The molecule has 0 radical (unpaired) electrons. The molecule has 1 saturated carbocycles. The lowest BCUT2D eigenvalue weighted by Crippen LogP contribution is -2.46. The molecule has 1 aromatic carbocycles. The molecule has 2 aliphatic rings. The van der Waals surface area contributed by atoms with Crippen LogP contribution in [0.3, 0.4) is 0 Å². The first kappa shape index (κ1) is 18.9. The maximum Gasteiger partial charge on any atom is 0.225 e. The predicted molar refractivity (Wildman–Crippen MR) is 112 cm³/mol. The van der Waals surface area contributed by atoms with E-state index in [1.807, 2.05) is 12.1 Å². The van der Waals surface area contributed by atoms with E-state index in [4.69, 9.17) is 0 Å². The van der Waals surface area contributed by atoms with E-state index in [0.717, 1.165) is 55.8 Å². The Labute approximate surface area is 167 Å². The number of benzene rings is 1. The number of hydrogen-bond acceptors (Lipinski definition) is 4. The Bertz CT molecular complexity index is 781. The molecule has 5 heteroatoms. The van der Waals surface area contributed by atoms with Crippen molar-refractivity contribution in [2.75, 3.05) is 18.0 Å². The van der Waals surface area contributed by atoms with Crippen molar-refractivity contribution < 1.29 is 4.79 Å². The molecule has 148 valence electrons. The molecule has 5 nitrogen and oxygen atoms in total. The van der Waals surface area contributed by atoms with Crippen LogP contribution in [0.5, 0.6) is 0 Å². The standard InChI is InChI=1S/C23H30N4O/c1-17-9-11-18(12-10-17)21-13-14-22(26-25-21)27-15-5-6-19(16-27)23(28)24-20-7-3-2-4-8-20/h9-14,19-20H,2-8,15-16H2,1H3,(H,24,28)/t19-/m0/s1. The van der Waals surface area contributed by atoms with Crippen LogP contribution in [0.4, 0.5) is 5.82 Å². The number of rotatable bonds is 4. The van der Waals surface area contributed by atoms with Gasteiger partial charge in [0.1, 0.15) is 0 Å². The van der Waals surface area contributed by atoms with Gasteiger partial charge in [0.25, 0.3) is 0 Å². The fourth-order valence-corrected chi connectivity index (χ4v) is 4.34. The van der Waals surface area contributed by atoms with Crippen LogP contribution in [0.1, 0.15) is 50.5 Å². The lowest BCUT2D eigenvalue weighted by molar-refractivity contribution is -0.126. The van der Waals surface area contributed by atoms with E-state index in [-0.39, 0.29) is 11.8 Å². The highest BCUT2D eigenvalue weighted by molar-refractivity contribution is 5.79. The second-order valence-corrected chi connectivity index (χ2v) is 8.27. The van der Waals surface area contributed by atoms with Crippen LogP contribution in [-0.2, 0) is 4.79 Å². The van der Waals surface area contributed by atoms with Gasteiger partial charge in [-0.3, -0.25) is 4.79 Å². The number of anilines is 1. The third kappa shape index (κ3) is 4.51. The van der Waals surface area contributed by atoms with Gasteiger partial charge in [-0.05, 0) is 44.7 Å². The van der Waals surface area contributed by atoms with Gasteiger partial charge in [-0.25, -0.2) is 0 Å². The Balaban J connectivity index is 1.38. The number of piperidine rings is 1. The zero-order chi connectivity index (χ0) is 19.3. The quantitative estimate of drug-likeness (QED) is 0.870. The number of aryl methyl sites for hydroxylation is 1. The van der Waals surface area contributed by atoms with Gasteiger partial charge in [0.2, 0.25) is 5.91 Å². The molecule has 1 aliphatic carbocycles. The second kappa shape index (κ2) is 8.72. The van der Waals surface area contributed by atoms with E-state index in [2.05, 4.69) is 51.6 Å². The summed E-state index contributed by atoms with van der Waals surface area (Å²) in [5.41, 5.74) is 3.19. The van der Waals surface area contributed by atoms with Gasteiger partial charge >= 0.3 is 0 Å². The van der Waals surface area contributed by atoms with Crippen molar-refractivity contribution in [2.45, 2.75) is 57.9 Å². The Morgan fingerprint density at radius 3 is 2.46 bits per heavy atom. The van der Waals surface area contributed by atoms with E-state index in [1.165, 1.54) is 24.8 Å². The van der Waals surface area contributed by atoms with Gasteiger partial charge < -0.3 is 10.2 Å². The van der Waals surface area contributed by atoms with Crippen LogP contribution >= 0.6 is 0 Å². The van der Waals surface area contributed by atoms with Gasteiger partial charge in [0.05, 0.1) is 11.6 Å². The van der Waals surface area contributed by atoms with Crippen LogP contribution in [0.15, 0.2) is 36.4 Å². The van der Waals surface area contributed by atoms with Crippen molar-refractivity contribution in [3.63, 3.8) is 0 Å². The van der Waals surface area contributed by atoms with Crippen molar-refractivity contribution in [3.05, 3.63) is 42.0 Å². The van der Waals surface area contributed by atoms with E-state index in [1.54, 1.807) is 0 Å². The Kier molecular flexibility index (Phi) is 5.89. The summed E-state index contributed by atoms with van der Waals surface area (Å²) in [7, 11) is 0. The Morgan fingerprint density at radius 2 is 1.75 bits per heavy atom. The summed E-state index contributed by atoms with van der Waals surface area (Å²) in [5, 5.41) is 12.2. The van der Waals surface area contributed by atoms with Crippen molar-refractivity contribution >= 4 is 11.7 Å². The maximum absolute atomic E-state index is 12.7. The first-order valence-corrected chi connectivity index (χ1v) is 10.6. The van der Waals surface area contributed by atoms with Crippen molar-refractivity contribution in [1.29, 1.82) is 0 Å². The summed E-state index contributed by atoms with van der Waals surface area (Å²) in [6.45, 7) is 3.75. The van der Waals surface area contributed by atoms with Gasteiger partial charge in [-0.15, -0.1) is 10.2 Å². The molecule has 28 heavy (non-hydrogen) atoms. The van der Waals surface area contributed by atoms with Gasteiger partial charge in [-0.1, -0.05) is 49.1 Å². The highest BCUT2D eigenvalue weighted by Gasteiger charge is 2.28. The van der Waals surface area contributed by atoms with E-state index >= 15 is 0 Å². The molecule has 4 rings (SSSR count). The number of nitrogens with zero attached hydrogens (tertiary/aromatic N) is 3. The highest BCUT2D eigenvalue weighted by Crippen LogP contribution is 2.25. The monoisotopic (exact) mass is 378 g/mol. The second-order valence-electron chi connectivity index (χ2n) is 8.27. The smallest absolute Gasteiger partial charge is 0.225 e. The summed E-state index contributed by atoms with van der Waals surface area (Å²) >= 11 is 0. The van der Waals surface area contributed by atoms with Crippen LogP contribution in [-0.4, -0.2) is 35.2 Å². The van der Waals surface area contributed by atoms with Crippen LogP contribution < -0.4 is 10.2 Å². The molecule has 0 bridgehead atoms. The SMILES string of the molecule is Cc1ccc(-c2ccc(N3CCC[C@H](C(=O)NC4CCCCC4)C3)nn2)cc1. The molecule has 1 aliphatic heterocycles. The molecule has 0 unspecified atom stereocenters. The van der Waals surface area contributed by atoms with Gasteiger partial charge in [0.15, 0.2) is 5.82 Å². The molecule has 2 heterocycles. The van der Waals surface area contributed by atoms with Crippen LogP contribution in [0.25, 0.3) is 11.3 Å². The summed E-state index contributed by atoms with van der Waals surface area (Å²) < 4.78 is 0. The molecule has 2 aromatic rings. The maximum atomic E-state index is 12.7. The summed E-state index contributed by atoms with van der Waals surface area (Å²) in [6, 6.07) is 12.8. The molecule has 1 amide bonds. The summed E-state index contributed by atoms with van der Waals surface area (Å²) in [4.78, 5) is 14.9. The number of nitrogens with one attached hydrogen (secondary N) is 1. The predicted octanol–water partition coefficient (Wildman–Crippen LogP) is 4.12. The largest absolute Gasteiger partial charge is 0.354 e. The molecule has 1 N–H and O–H groups in total. The molecule has 1 atom stereocenters. The first-order valence-electron chi connectivity index (χ1n) is 10.6. The fraction of sp³-hybridized carbons (Fsp3) is 0.522. The fourth-order valence-electron chi connectivity index (χ4n) is 4.34. The number of carbonyl (C=O) groups excluding carboxylic acids is 1. The summed E-state index contributed by atoms with van der Waals surface area (Å²) in [5.74, 6) is 1.14. The molecular weight excluding hydrogens is 348 g/mol. The van der Waals surface area contributed by atoms with Crippen molar-refractivity contribution in [3.8, 4) is 11.3 Å². The Hall–Kier alpha value is -2.43. The number of hydrogen-bond donors (Lipinski definition) is 1. The molecule has 0 spiro atoms. The molecule has 2 fully saturated rings. The van der Waals surface area contributed by atoms with E-state index in [9.17, 15) is 4.79 Å². The number of amides is 1. The lowest BCUT2D eigenvalue weighted by Gasteiger charge is -2.34. The third-order valence-corrected chi connectivity index (χ3v) is 6.07. The average Bonchev–Trinajstić information content (AvgIpc) is 2.75. The molecule has 1 saturated heterocycles. The van der Waals surface area contributed by atoms with Gasteiger partial charge in [-0.2, -0.15) is 0 Å². The van der Waals surface area contributed by atoms with Crippen molar-refractivity contribution in [2.24, 2.45) is 5.92 Å². The van der Waals surface area contributed by atoms with Crippen LogP contribution in [0, 0.1) is 12.8 Å². The zero-order valence-electron chi connectivity index (χ0n) is 16.7. The minimum Gasteiger partial charge on any atom is -0.354 e. The molecular formula is C23H30N4O. The first-order chi connectivity index (χ1) is 13.7. The third-order valence-electron chi connectivity index (χ3n) is 6.07. The van der Waals surface area contributed by atoms with E-state index < -0.39 is 0 Å². The summed E-state index contributed by atoms with van der Waals surface area (Å²) in [6.07, 6.45) is 8.03. The minimum atomic E-state index is 0.0502. The lowest BCUT2D eigenvalue weighted by atomic mass is 9.93. The molecule has 1 aromatic heterocycles. The van der Waals surface area contributed by atoms with Crippen molar-refractivity contribution in [1.82, 2.24) is 15.5 Å². The highest BCUT2D eigenvalue weighted by atomic mass is 16.2. The minimum absolute atomic E-state index is 0.0502. The number of carbonyl (C=O) groups is 1. The normalized spacial score (nSPS) is 20.8. The van der Waals surface area contributed by atoms with E-state index in [0.29, 0.717) is 6.04 Å². The zero-order valence-corrected chi connectivity index (χ0v) is 16.7. The topological polar surface area (TPSA) is 58.1 Å². The average molecular weight is 379 g/mol. The van der Waals surface area contributed by atoms with Gasteiger partial charge in [0, 0.05) is 24.7 Å². The Morgan fingerprint density at radius 1 is 0.964 bits per heavy atom.